The molecule has 1 atom stereocenters. The molecule has 0 saturated carbocycles. The van der Waals surface area contributed by atoms with Gasteiger partial charge in [-0.2, -0.15) is 0 Å². The number of nitrogens with zero attached hydrogens (tertiary/aromatic N) is 1. The normalized spacial score (nSPS) is 16.2. The van der Waals surface area contributed by atoms with Crippen LogP contribution in [0.15, 0.2) is 64.3 Å². The Labute approximate surface area is 149 Å². The number of carbonyl (C=O) groups excluding carboxylic acids is 1. The maximum absolute atomic E-state index is 14.5. The van der Waals surface area contributed by atoms with Crippen LogP contribution in [-0.4, -0.2) is 17.4 Å². The summed E-state index contributed by atoms with van der Waals surface area (Å²) in [6, 6.07) is 10.5. The molecule has 26 heavy (non-hydrogen) atoms. The highest BCUT2D eigenvalue weighted by Crippen LogP contribution is 2.38. The number of amides is 1. The van der Waals surface area contributed by atoms with Gasteiger partial charge in [0.05, 0.1) is 17.0 Å². The molecule has 3 aromatic rings. The highest BCUT2D eigenvalue weighted by atomic mass is 19.1. The second-order valence-corrected chi connectivity index (χ2v) is 6.34. The van der Waals surface area contributed by atoms with Crippen molar-refractivity contribution in [3.63, 3.8) is 0 Å². The molecule has 5 heteroatoms. The molecule has 1 aliphatic rings. The summed E-state index contributed by atoms with van der Waals surface area (Å²) in [5.41, 5.74) is 1.39. The monoisotopic (exact) mass is 349 g/mol. The predicted molar refractivity (Wildman–Crippen MR) is 96.7 cm³/mol. The van der Waals surface area contributed by atoms with Crippen LogP contribution in [0.2, 0.25) is 0 Å². The standard InChI is InChI=1S/C21H16FNO3/c1-3-10-23-18(13-6-4-5-7-15(13)22)17-19(24)14-11-12(2)8-9-16(14)26-20(17)21(23)25/h3-9,11,18H,1,10H2,2H3. The van der Waals surface area contributed by atoms with Crippen molar-refractivity contribution in [1.29, 1.82) is 0 Å². The lowest BCUT2D eigenvalue weighted by Crippen LogP contribution is -2.30. The molecule has 1 amide bonds. The van der Waals surface area contributed by atoms with Crippen molar-refractivity contribution in [2.75, 3.05) is 6.54 Å². The van der Waals surface area contributed by atoms with E-state index in [4.69, 9.17) is 4.42 Å². The van der Waals surface area contributed by atoms with Gasteiger partial charge >= 0.3 is 0 Å². The topological polar surface area (TPSA) is 50.5 Å². The second kappa shape index (κ2) is 5.95. The minimum atomic E-state index is -0.835. The zero-order valence-corrected chi connectivity index (χ0v) is 14.2. The van der Waals surface area contributed by atoms with Gasteiger partial charge in [0, 0.05) is 12.1 Å². The Balaban J connectivity index is 2.06. The third kappa shape index (κ3) is 2.28. The van der Waals surface area contributed by atoms with Crippen LogP contribution in [0.1, 0.15) is 33.3 Å². The summed E-state index contributed by atoms with van der Waals surface area (Å²) in [4.78, 5) is 27.5. The first kappa shape index (κ1) is 16.3. The lowest BCUT2D eigenvalue weighted by Gasteiger charge is -2.24. The molecule has 1 aromatic heterocycles. The van der Waals surface area contributed by atoms with Gasteiger partial charge in [0.15, 0.2) is 5.43 Å². The van der Waals surface area contributed by atoms with Gasteiger partial charge in [0.1, 0.15) is 11.4 Å². The fraction of sp³-hybridized carbons (Fsp3) is 0.143. The fourth-order valence-electron chi connectivity index (χ4n) is 3.48. The van der Waals surface area contributed by atoms with Crippen molar-refractivity contribution in [2.45, 2.75) is 13.0 Å². The number of halogens is 1. The quantitative estimate of drug-likeness (QED) is 0.672. The van der Waals surface area contributed by atoms with Crippen LogP contribution in [0.25, 0.3) is 11.0 Å². The van der Waals surface area contributed by atoms with Gasteiger partial charge in [0.25, 0.3) is 5.91 Å². The predicted octanol–water partition coefficient (Wildman–Crippen LogP) is 3.97. The Morgan fingerprint density at radius 2 is 2.00 bits per heavy atom. The molecule has 0 fully saturated rings. The lowest BCUT2D eigenvalue weighted by atomic mass is 9.98. The highest BCUT2D eigenvalue weighted by molar-refractivity contribution is 5.99. The smallest absolute Gasteiger partial charge is 0.291 e. The fourth-order valence-corrected chi connectivity index (χ4v) is 3.48. The van der Waals surface area contributed by atoms with Crippen LogP contribution < -0.4 is 5.43 Å². The Morgan fingerprint density at radius 1 is 1.23 bits per heavy atom. The van der Waals surface area contributed by atoms with Crippen molar-refractivity contribution in [3.05, 3.63) is 93.6 Å². The second-order valence-electron chi connectivity index (χ2n) is 6.34. The van der Waals surface area contributed by atoms with Gasteiger partial charge in [-0.3, -0.25) is 9.59 Å². The molecule has 0 spiro atoms. The zero-order valence-electron chi connectivity index (χ0n) is 14.2. The molecule has 4 rings (SSSR count). The van der Waals surface area contributed by atoms with Crippen molar-refractivity contribution < 1.29 is 13.6 Å². The van der Waals surface area contributed by atoms with Gasteiger partial charge in [-0.25, -0.2) is 4.39 Å². The summed E-state index contributed by atoms with van der Waals surface area (Å²) >= 11 is 0. The first-order valence-corrected chi connectivity index (χ1v) is 8.26. The number of fused-ring (bicyclic) bond motifs is 2. The summed E-state index contributed by atoms with van der Waals surface area (Å²) in [6.45, 7) is 5.71. The van der Waals surface area contributed by atoms with Gasteiger partial charge in [-0.15, -0.1) is 6.58 Å². The molecule has 4 nitrogen and oxygen atoms in total. The molecular formula is C21H16FNO3. The van der Waals surface area contributed by atoms with E-state index in [1.807, 2.05) is 13.0 Å². The Morgan fingerprint density at radius 3 is 2.73 bits per heavy atom. The maximum atomic E-state index is 14.5. The third-order valence-electron chi connectivity index (χ3n) is 4.65. The first-order valence-electron chi connectivity index (χ1n) is 8.26. The molecule has 2 aromatic carbocycles. The van der Waals surface area contributed by atoms with E-state index in [-0.39, 0.29) is 28.9 Å². The van der Waals surface area contributed by atoms with Gasteiger partial charge in [0.2, 0.25) is 5.76 Å². The summed E-state index contributed by atoms with van der Waals surface area (Å²) in [7, 11) is 0. The van der Waals surface area contributed by atoms with Crippen molar-refractivity contribution in [3.8, 4) is 0 Å². The third-order valence-corrected chi connectivity index (χ3v) is 4.65. The molecule has 0 aliphatic carbocycles. The average molecular weight is 349 g/mol. The van der Waals surface area contributed by atoms with Crippen LogP contribution in [0.3, 0.4) is 0 Å². The summed E-state index contributed by atoms with van der Waals surface area (Å²) in [5, 5.41) is 0.387. The van der Waals surface area contributed by atoms with Crippen LogP contribution >= 0.6 is 0 Å². The summed E-state index contributed by atoms with van der Waals surface area (Å²) < 4.78 is 20.3. The van der Waals surface area contributed by atoms with Crippen LogP contribution in [0.4, 0.5) is 4.39 Å². The Hall–Kier alpha value is -3.21. The number of hydrogen-bond acceptors (Lipinski definition) is 3. The molecule has 0 radical (unpaired) electrons. The SMILES string of the molecule is C=CCN1C(=O)c2oc3ccc(C)cc3c(=O)c2C1c1ccccc1F. The summed E-state index contributed by atoms with van der Waals surface area (Å²) in [5.74, 6) is -0.940. The molecular weight excluding hydrogens is 333 g/mol. The largest absolute Gasteiger partial charge is 0.450 e. The molecule has 2 heterocycles. The van der Waals surface area contributed by atoms with Gasteiger partial charge in [-0.1, -0.05) is 35.9 Å². The molecule has 0 bridgehead atoms. The van der Waals surface area contributed by atoms with Gasteiger partial charge < -0.3 is 9.32 Å². The van der Waals surface area contributed by atoms with Crippen molar-refractivity contribution in [1.82, 2.24) is 4.90 Å². The van der Waals surface area contributed by atoms with Crippen LogP contribution in [0.5, 0.6) is 0 Å². The van der Waals surface area contributed by atoms with Gasteiger partial charge in [-0.05, 0) is 25.1 Å². The zero-order chi connectivity index (χ0) is 18.4. The highest BCUT2D eigenvalue weighted by Gasteiger charge is 2.43. The van der Waals surface area contributed by atoms with E-state index in [2.05, 4.69) is 6.58 Å². The Kier molecular flexibility index (Phi) is 3.72. The van der Waals surface area contributed by atoms with E-state index in [9.17, 15) is 14.0 Å². The minimum Gasteiger partial charge on any atom is -0.450 e. The Bertz CT molecular complexity index is 1120. The number of hydrogen-bond donors (Lipinski definition) is 0. The van der Waals surface area contributed by atoms with Crippen LogP contribution in [-0.2, 0) is 0 Å². The maximum Gasteiger partial charge on any atom is 0.291 e. The molecule has 1 unspecified atom stereocenters. The van der Waals surface area contributed by atoms with E-state index in [0.717, 1.165) is 5.56 Å². The van der Waals surface area contributed by atoms with Crippen molar-refractivity contribution >= 4 is 16.9 Å². The van der Waals surface area contributed by atoms with E-state index >= 15 is 0 Å². The van der Waals surface area contributed by atoms with E-state index < -0.39 is 17.8 Å². The van der Waals surface area contributed by atoms with E-state index in [0.29, 0.717) is 11.0 Å². The summed E-state index contributed by atoms with van der Waals surface area (Å²) in [6.07, 6.45) is 1.55. The van der Waals surface area contributed by atoms with Crippen molar-refractivity contribution in [2.24, 2.45) is 0 Å². The van der Waals surface area contributed by atoms with E-state index in [1.54, 1.807) is 36.4 Å². The number of benzene rings is 2. The molecule has 0 N–H and O–H groups in total. The number of carbonyl (C=O) groups is 1. The molecule has 0 saturated heterocycles. The van der Waals surface area contributed by atoms with Crippen LogP contribution in [0, 0.1) is 12.7 Å². The van der Waals surface area contributed by atoms with E-state index in [1.165, 1.54) is 11.0 Å². The number of rotatable bonds is 3. The minimum absolute atomic E-state index is 0.0264. The first-order chi connectivity index (χ1) is 12.5. The average Bonchev–Trinajstić information content (AvgIpc) is 2.89. The molecule has 1 aliphatic heterocycles. The molecule has 130 valence electrons. The lowest BCUT2D eigenvalue weighted by molar-refractivity contribution is 0.0746. The number of aryl methyl sites for hydroxylation is 1.